The summed E-state index contributed by atoms with van der Waals surface area (Å²) in [6, 6.07) is 14.8. The Bertz CT molecular complexity index is 944. The summed E-state index contributed by atoms with van der Waals surface area (Å²) < 4.78 is 5.29. The van der Waals surface area contributed by atoms with Crippen LogP contribution in [0.4, 0.5) is 0 Å². The Morgan fingerprint density at radius 1 is 1.14 bits per heavy atom. The van der Waals surface area contributed by atoms with Gasteiger partial charge in [0.15, 0.2) is 0 Å². The van der Waals surface area contributed by atoms with E-state index in [9.17, 15) is 9.59 Å². The molecule has 0 saturated heterocycles. The van der Waals surface area contributed by atoms with Crippen LogP contribution in [0.1, 0.15) is 33.0 Å². The average Bonchev–Trinajstić information content (AvgIpc) is 3.38. The highest BCUT2D eigenvalue weighted by molar-refractivity contribution is 7.10. The van der Waals surface area contributed by atoms with Crippen LogP contribution in [0.2, 0.25) is 0 Å². The molecule has 0 fully saturated rings. The second kappa shape index (κ2) is 9.71. The van der Waals surface area contributed by atoms with E-state index in [1.165, 1.54) is 11.3 Å². The SMILES string of the molecule is Cc1cccc(C(=O)N/C(=C\c2cccs2)C(=O)NCCCc2ccco2)c1. The van der Waals surface area contributed by atoms with Gasteiger partial charge in [0.25, 0.3) is 11.8 Å². The minimum atomic E-state index is -0.311. The van der Waals surface area contributed by atoms with Crippen molar-refractivity contribution < 1.29 is 14.0 Å². The highest BCUT2D eigenvalue weighted by Crippen LogP contribution is 2.13. The zero-order valence-corrected chi connectivity index (χ0v) is 16.4. The van der Waals surface area contributed by atoms with Crippen LogP contribution in [0.5, 0.6) is 0 Å². The van der Waals surface area contributed by atoms with Gasteiger partial charge in [-0.3, -0.25) is 9.59 Å². The number of rotatable bonds is 8. The summed E-state index contributed by atoms with van der Waals surface area (Å²) in [6.45, 7) is 2.41. The van der Waals surface area contributed by atoms with Crippen molar-refractivity contribution in [3.63, 3.8) is 0 Å². The van der Waals surface area contributed by atoms with Gasteiger partial charge in [0.1, 0.15) is 11.5 Å². The van der Waals surface area contributed by atoms with Gasteiger partial charge >= 0.3 is 0 Å². The molecule has 6 heteroatoms. The van der Waals surface area contributed by atoms with Crippen LogP contribution in [0.25, 0.3) is 6.08 Å². The minimum Gasteiger partial charge on any atom is -0.469 e. The van der Waals surface area contributed by atoms with Crippen molar-refractivity contribution in [2.75, 3.05) is 6.54 Å². The molecule has 1 aromatic carbocycles. The number of aryl methyl sites for hydroxylation is 2. The summed E-state index contributed by atoms with van der Waals surface area (Å²) in [5.74, 6) is 0.266. The zero-order valence-electron chi connectivity index (χ0n) is 15.6. The van der Waals surface area contributed by atoms with E-state index in [2.05, 4.69) is 10.6 Å². The zero-order chi connectivity index (χ0) is 19.8. The van der Waals surface area contributed by atoms with E-state index in [-0.39, 0.29) is 17.5 Å². The van der Waals surface area contributed by atoms with E-state index in [4.69, 9.17) is 4.42 Å². The third-order valence-corrected chi connectivity index (χ3v) is 4.89. The molecule has 144 valence electrons. The highest BCUT2D eigenvalue weighted by Gasteiger charge is 2.15. The Morgan fingerprint density at radius 3 is 2.75 bits per heavy atom. The predicted molar refractivity (Wildman–Crippen MR) is 111 cm³/mol. The monoisotopic (exact) mass is 394 g/mol. The number of nitrogens with one attached hydrogen (secondary N) is 2. The van der Waals surface area contributed by atoms with Crippen LogP contribution < -0.4 is 10.6 Å². The summed E-state index contributed by atoms with van der Waals surface area (Å²) in [6.07, 6.45) is 4.82. The van der Waals surface area contributed by atoms with Crippen molar-refractivity contribution in [2.45, 2.75) is 19.8 Å². The Labute approximate surface area is 168 Å². The minimum absolute atomic E-state index is 0.229. The van der Waals surface area contributed by atoms with Gasteiger partial charge in [-0.05, 0) is 55.1 Å². The van der Waals surface area contributed by atoms with Crippen LogP contribution in [-0.2, 0) is 11.2 Å². The maximum Gasteiger partial charge on any atom is 0.267 e. The molecular weight excluding hydrogens is 372 g/mol. The molecule has 0 aliphatic heterocycles. The molecule has 2 N–H and O–H groups in total. The van der Waals surface area contributed by atoms with E-state index in [0.29, 0.717) is 12.1 Å². The molecule has 2 heterocycles. The fourth-order valence-electron chi connectivity index (χ4n) is 2.67. The van der Waals surface area contributed by atoms with Crippen molar-refractivity contribution in [1.82, 2.24) is 10.6 Å². The summed E-state index contributed by atoms with van der Waals surface area (Å²) >= 11 is 1.50. The second-order valence-electron chi connectivity index (χ2n) is 6.34. The lowest BCUT2D eigenvalue weighted by molar-refractivity contribution is -0.117. The summed E-state index contributed by atoms with van der Waals surface area (Å²) in [4.78, 5) is 26.1. The van der Waals surface area contributed by atoms with Crippen LogP contribution in [0, 0.1) is 6.92 Å². The number of hydrogen-bond acceptors (Lipinski definition) is 4. The molecule has 0 atom stereocenters. The first-order valence-electron chi connectivity index (χ1n) is 9.05. The third-order valence-electron chi connectivity index (χ3n) is 4.07. The van der Waals surface area contributed by atoms with Crippen LogP contribution in [-0.4, -0.2) is 18.4 Å². The molecule has 0 bridgehead atoms. The van der Waals surface area contributed by atoms with Crippen LogP contribution in [0.3, 0.4) is 0 Å². The lowest BCUT2D eigenvalue weighted by atomic mass is 10.1. The number of carbonyl (C=O) groups is 2. The highest BCUT2D eigenvalue weighted by atomic mass is 32.1. The molecule has 0 aliphatic carbocycles. The van der Waals surface area contributed by atoms with Gasteiger partial charge in [-0.25, -0.2) is 0 Å². The molecule has 0 radical (unpaired) electrons. The van der Waals surface area contributed by atoms with Crippen molar-refractivity contribution in [1.29, 1.82) is 0 Å². The first kappa shape index (κ1) is 19.6. The maximum absolute atomic E-state index is 12.7. The number of thiophene rings is 1. The molecule has 0 aliphatic rings. The molecular formula is C22H22N2O3S. The first-order chi connectivity index (χ1) is 13.6. The van der Waals surface area contributed by atoms with Gasteiger partial charge < -0.3 is 15.1 Å². The fourth-order valence-corrected chi connectivity index (χ4v) is 3.33. The summed E-state index contributed by atoms with van der Waals surface area (Å²) in [7, 11) is 0. The molecule has 28 heavy (non-hydrogen) atoms. The Balaban J connectivity index is 1.64. The van der Waals surface area contributed by atoms with Gasteiger partial charge in [-0.1, -0.05) is 23.8 Å². The maximum atomic E-state index is 12.7. The number of carbonyl (C=O) groups excluding carboxylic acids is 2. The lowest BCUT2D eigenvalue weighted by Crippen LogP contribution is -2.35. The van der Waals surface area contributed by atoms with E-state index < -0.39 is 0 Å². The van der Waals surface area contributed by atoms with Gasteiger partial charge in [0.05, 0.1) is 6.26 Å². The van der Waals surface area contributed by atoms with Crippen molar-refractivity contribution in [3.8, 4) is 0 Å². The van der Waals surface area contributed by atoms with Crippen molar-refractivity contribution >= 4 is 29.2 Å². The quantitative estimate of drug-likeness (QED) is 0.445. The standard InChI is InChI=1S/C22H22N2O3S/c1-16-6-2-7-17(14-16)21(25)24-20(15-19-10-5-13-28-19)22(26)23-11-3-8-18-9-4-12-27-18/h2,4-7,9-10,12-15H,3,8,11H2,1H3,(H,23,26)(H,24,25)/b20-15-. The first-order valence-corrected chi connectivity index (χ1v) is 9.93. The number of furan rings is 1. The normalized spacial score (nSPS) is 11.2. The molecule has 2 amide bonds. The Kier molecular flexibility index (Phi) is 6.81. The smallest absolute Gasteiger partial charge is 0.267 e. The molecule has 0 spiro atoms. The van der Waals surface area contributed by atoms with E-state index in [1.807, 2.05) is 48.7 Å². The molecule has 5 nitrogen and oxygen atoms in total. The van der Waals surface area contributed by atoms with E-state index in [1.54, 1.807) is 24.5 Å². The number of benzene rings is 1. The molecule has 3 aromatic rings. The second-order valence-corrected chi connectivity index (χ2v) is 7.32. The Morgan fingerprint density at radius 2 is 2.04 bits per heavy atom. The van der Waals surface area contributed by atoms with E-state index in [0.717, 1.165) is 29.0 Å². The van der Waals surface area contributed by atoms with Gasteiger partial charge in [-0.2, -0.15) is 0 Å². The van der Waals surface area contributed by atoms with Crippen molar-refractivity contribution in [3.05, 3.63) is 87.6 Å². The molecule has 0 saturated carbocycles. The fraction of sp³-hybridized carbons (Fsp3) is 0.182. The number of amides is 2. The van der Waals surface area contributed by atoms with Gasteiger partial charge in [0, 0.05) is 23.4 Å². The summed E-state index contributed by atoms with van der Waals surface area (Å²) in [5.41, 5.74) is 1.73. The topological polar surface area (TPSA) is 71.3 Å². The average molecular weight is 394 g/mol. The van der Waals surface area contributed by atoms with Gasteiger partial charge in [0.2, 0.25) is 0 Å². The lowest BCUT2D eigenvalue weighted by Gasteiger charge is -2.11. The largest absolute Gasteiger partial charge is 0.469 e. The third kappa shape index (κ3) is 5.69. The summed E-state index contributed by atoms with van der Waals surface area (Å²) in [5, 5.41) is 7.54. The Hall–Kier alpha value is -3.12. The molecule has 2 aromatic heterocycles. The van der Waals surface area contributed by atoms with Crippen LogP contribution >= 0.6 is 11.3 Å². The van der Waals surface area contributed by atoms with Crippen molar-refractivity contribution in [2.24, 2.45) is 0 Å². The van der Waals surface area contributed by atoms with Gasteiger partial charge in [-0.15, -0.1) is 11.3 Å². The number of hydrogen-bond donors (Lipinski definition) is 2. The molecule has 3 rings (SSSR count). The van der Waals surface area contributed by atoms with E-state index >= 15 is 0 Å². The predicted octanol–water partition coefficient (Wildman–Crippen LogP) is 4.17. The van der Waals surface area contributed by atoms with Crippen LogP contribution in [0.15, 0.2) is 70.3 Å². The molecule has 0 unspecified atom stereocenters.